The molecule has 0 radical (unpaired) electrons. The number of hydrogen-bond acceptors (Lipinski definition) is 2. The second-order valence-corrected chi connectivity index (χ2v) is 3.75. The van der Waals surface area contributed by atoms with Crippen molar-refractivity contribution in [2.45, 2.75) is 5.92 Å². The minimum atomic E-state index is 0.281. The highest BCUT2D eigenvalue weighted by molar-refractivity contribution is 5.16. The van der Waals surface area contributed by atoms with Crippen LogP contribution in [-0.2, 0) is 7.05 Å². The van der Waals surface area contributed by atoms with Crippen molar-refractivity contribution in [2.24, 2.45) is 13.0 Å². The van der Waals surface area contributed by atoms with Crippen molar-refractivity contribution in [2.75, 3.05) is 19.7 Å². The third-order valence-electron chi connectivity index (χ3n) is 2.94. The maximum absolute atomic E-state index is 9.18. The molecule has 0 spiro atoms. The highest BCUT2D eigenvalue weighted by atomic mass is 16.3. The maximum atomic E-state index is 9.18. The van der Waals surface area contributed by atoms with Gasteiger partial charge < -0.3 is 15.0 Å². The fourth-order valence-electron chi connectivity index (χ4n) is 2.13. The van der Waals surface area contributed by atoms with Gasteiger partial charge >= 0.3 is 0 Å². The molecule has 2 atom stereocenters. The average molecular weight is 180 g/mol. The van der Waals surface area contributed by atoms with Crippen molar-refractivity contribution in [3.63, 3.8) is 0 Å². The molecule has 0 saturated carbocycles. The lowest BCUT2D eigenvalue weighted by Crippen LogP contribution is -2.16. The quantitative estimate of drug-likeness (QED) is 0.688. The molecule has 13 heavy (non-hydrogen) atoms. The van der Waals surface area contributed by atoms with E-state index >= 15 is 0 Å². The Kier molecular flexibility index (Phi) is 2.38. The predicted molar refractivity (Wildman–Crippen MR) is 51.6 cm³/mol. The standard InChI is InChI=1S/C10H16N2O/c1-12-4-2-3-10(12)9-6-11-5-8(9)7-13/h2-4,8-9,11,13H,5-7H2,1H3/t8-,9-/m0/s1. The van der Waals surface area contributed by atoms with E-state index in [1.54, 1.807) is 0 Å². The van der Waals surface area contributed by atoms with Gasteiger partial charge in [0.25, 0.3) is 0 Å². The van der Waals surface area contributed by atoms with E-state index in [-0.39, 0.29) is 6.61 Å². The Hall–Kier alpha value is -0.800. The van der Waals surface area contributed by atoms with Crippen LogP contribution in [-0.4, -0.2) is 29.4 Å². The molecule has 1 saturated heterocycles. The van der Waals surface area contributed by atoms with E-state index in [1.165, 1.54) is 5.69 Å². The topological polar surface area (TPSA) is 37.2 Å². The van der Waals surface area contributed by atoms with E-state index in [2.05, 4.69) is 35.3 Å². The lowest BCUT2D eigenvalue weighted by molar-refractivity contribution is 0.224. The van der Waals surface area contributed by atoms with Crippen molar-refractivity contribution >= 4 is 0 Å². The maximum Gasteiger partial charge on any atom is 0.0478 e. The smallest absolute Gasteiger partial charge is 0.0478 e. The van der Waals surface area contributed by atoms with Gasteiger partial charge in [0, 0.05) is 50.5 Å². The normalized spacial score (nSPS) is 28.2. The predicted octanol–water partition coefficient (Wildman–Crippen LogP) is 0.320. The Morgan fingerprint density at radius 3 is 3.08 bits per heavy atom. The van der Waals surface area contributed by atoms with Crippen LogP contribution in [0, 0.1) is 5.92 Å². The first-order valence-corrected chi connectivity index (χ1v) is 4.75. The molecule has 0 aliphatic carbocycles. The fraction of sp³-hybridized carbons (Fsp3) is 0.600. The molecule has 0 amide bonds. The van der Waals surface area contributed by atoms with Gasteiger partial charge in [-0.05, 0) is 12.1 Å². The van der Waals surface area contributed by atoms with Gasteiger partial charge in [0.15, 0.2) is 0 Å². The molecule has 2 rings (SSSR count). The van der Waals surface area contributed by atoms with Gasteiger partial charge in [-0.2, -0.15) is 0 Å². The third-order valence-corrected chi connectivity index (χ3v) is 2.94. The van der Waals surface area contributed by atoms with Crippen molar-refractivity contribution in [3.05, 3.63) is 24.0 Å². The summed E-state index contributed by atoms with van der Waals surface area (Å²) in [5.41, 5.74) is 1.32. The van der Waals surface area contributed by atoms with Crippen LogP contribution in [0.15, 0.2) is 18.3 Å². The van der Waals surface area contributed by atoms with Gasteiger partial charge in [0.05, 0.1) is 0 Å². The van der Waals surface area contributed by atoms with Gasteiger partial charge in [0.1, 0.15) is 0 Å². The van der Waals surface area contributed by atoms with Gasteiger partial charge in [-0.15, -0.1) is 0 Å². The van der Waals surface area contributed by atoms with Crippen molar-refractivity contribution in [3.8, 4) is 0 Å². The van der Waals surface area contributed by atoms with Crippen molar-refractivity contribution < 1.29 is 5.11 Å². The first-order valence-electron chi connectivity index (χ1n) is 4.75. The minimum Gasteiger partial charge on any atom is -0.396 e. The molecule has 0 bridgehead atoms. The summed E-state index contributed by atoms with van der Waals surface area (Å²) in [4.78, 5) is 0. The van der Waals surface area contributed by atoms with Gasteiger partial charge in [-0.3, -0.25) is 0 Å². The molecule has 0 unspecified atom stereocenters. The van der Waals surface area contributed by atoms with Crippen LogP contribution in [0.4, 0.5) is 0 Å². The molecular weight excluding hydrogens is 164 g/mol. The van der Waals surface area contributed by atoms with Crippen LogP contribution >= 0.6 is 0 Å². The molecule has 1 aliphatic heterocycles. The summed E-state index contributed by atoms with van der Waals surface area (Å²) in [5, 5.41) is 12.5. The first kappa shape index (κ1) is 8.78. The zero-order valence-corrected chi connectivity index (χ0v) is 7.90. The number of rotatable bonds is 2. The summed E-state index contributed by atoms with van der Waals surface area (Å²) in [6.45, 7) is 2.21. The molecule has 2 heterocycles. The second kappa shape index (κ2) is 3.52. The number of hydrogen-bond donors (Lipinski definition) is 2. The summed E-state index contributed by atoms with van der Waals surface area (Å²) in [7, 11) is 2.06. The minimum absolute atomic E-state index is 0.281. The van der Waals surface area contributed by atoms with Gasteiger partial charge in [-0.25, -0.2) is 0 Å². The Bertz CT molecular complexity index is 282. The third kappa shape index (κ3) is 1.49. The van der Waals surface area contributed by atoms with Crippen LogP contribution < -0.4 is 5.32 Å². The Balaban J connectivity index is 2.20. The van der Waals surface area contributed by atoms with Gasteiger partial charge in [-0.1, -0.05) is 0 Å². The zero-order valence-electron chi connectivity index (χ0n) is 7.90. The molecule has 1 aromatic heterocycles. The Morgan fingerprint density at radius 1 is 1.62 bits per heavy atom. The summed E-state index contributed by atoms with van der Waals surface area (Å²) in [5.74, 6) is 0.860. The van der Waals surface area contributed by atoms with E-state index in [4.69, 9.17) is 0 Å². The average Bonchev–Trinajstić information content (AvgIpc) is 2.71. The van der Waals surface area contributed by atoms with E-state index in [0.717, 1.165) is 13.1 Å². The summed E-state index contributed by atoms with van der Waals surface area (Å²) in [6.07, 6.45) is 2.06. The number of nitrogens with one attached hydrogen (secondary N) is 1. The van der Waals surface area contributed by atoms with Crippen LogP contribution in [0.25, 0.3) is 0 Å². The monoisotopic (exact) mass is 180 g/mol. The first-order chi connectivity index (χ1) is 6.33. The summed E-state index contributed by atoms with van der Waals surface area (Å²) < 4.78 is 2.14. The number of aryl methyl sites for hydroxylation is 1. The molecule has 0 aromatic carbocycles. The molecule has 3 heteroatoms. The Morgan fingerprint density at radius 2 is 2.46 bits per heavy atom. The second-order valence-electron chi connectivity index (χ2n) is 3.75. The largest absolute Gasteiger partial charge is 0.396 e. The number of nitrogens with zero attached hydrogens (tertiary/aromatic N) is 1. The van der Waals surface area contributed by atoms with Gasteiger partial charge in [0.2, 0.25) is 0 Å². The highest BCUT2D eigenvalue weighted by Crippen LogP contribution is 2.27. The SMILES string of the molecule is Cn1cccc1[C@H]1CNC[C@H]1CO. The molecular formula is C10H16N2O. The molecule has 2 N–H and O–H groups in total. The van der Waals surface area contributed by atoms with Crippen LogP contribution in [0.2, 0.25) is 0 Å². The lowest BCUT2D eigenvalue weighted by atomic mass is 9.94. The summed E-state index contributed by atoms with van der Waals surface area (Å²) in [6, 6.07) is 4.20. The molecule has 1 aliphatic rings. The van der Waals surface area contributed by atoms with Crippen LogP contribution in [0.1, 0.15) is 11.6 Å². The number of aliphatic hydroxyl groups is 1. The lowest BCUT2D eigenvalue weighted by Gasteiger charge is -2.16. The van der Waals surface area contributed by atoms with Crippen LogP contribution in [0.5, 0.6) is 0 Å². The van der Waals surface area contributed by atoms with E-state index in [0.29, 0.717) is 11.8 Å². The molecule has 1 aromatic rings. The molecule has 3 nitrogen and oxygen atoms in total. The zero-order chi connectivity index (χ0) is 9.26. The van der Waals surface area contributed by atoms with Crippen LogP contribution in [0.3, 0.4) is 0 Å². The summed E-state index contributed by atoms with van der Waals surface area (Å²) >= 11 is 0. The van der Waals surface area contributed by atoms with E-state index in [9.17, 15) is 5.11 Å². The molecule has 72 valence electrons. The Labute approximate surface area is 78.4 Å². The fourth-order valence-corrected chi connectivity index (χ4v) is 2.13. The van der Waals surface area contributed by atoms with E-state index in [1.807, 2.05) is 0 Å². The van der Waals surface area contributed by atoms with Crippen molar-refractivity contribution in [1.29, 1.82) is 0 Å². The number of aromatic nitrogens is 1. The van der Waals surface area contributed by atoms with E-state index < -0.39 is 0 Å². The molecule has 1 fully saturated rings. The highest BCUT2D eigenvalue weighted by Gasteiger charge is 2.28. The van der Waals surface area contributed by atoms with Crippen molar-refractivity contribution in [1.82, 2.24) is 9.88 Å². The number of aliphatic hydroxyl groups excluding tert-OH is 1.